The fraction of sp³-hybridized carbons (Fsp3) is 0.235. The predicted molar refractivity (Wildman–Crippen MR) is 84.9 cm³/mol. The third-order valence-corrected chi connectivity index (χ3v) is 3.73. The highest BCUT2D eigenvalue weighted by molar-refractivity contribution is 6.31. The molecule has 0 saturated heterocycles. The maximum Gasteiger partial charge on any atom is 0.275 e. The highest BCUT2D eigenvalue weighted by atomic mass is 35.5. The number of amides is 1. The molecule has 0 heterocycles. The zero-order chi connectivity index (χ0) is 15.1. The number of nitrogens with two attached hydrogens (primary N) is 1. The van der Waals surface area contributed by atoms with E-state index in [1.807, 2.05) is 66.8 Å². The van der Waals surface area contributed by atoms with Crippen LogP contribution in [0.3, 0.4) is 0 Å². The molecule has 0 unspecified atom stereocenters. The zero-order valence-electron chi connectivity index (χ0n) is 12.1. The standard InChI is InChI=1S/C17H19ClN2O/c1-13(15-9-5-6-10-16(15)18)19-12-17(21)20-11-14-7-3-2-4-8-14/h2-10,13,19H,11-12H2,1H3,(H,20,21)/p+1/t13-/m0/s1. The van der Waals surface area contributed by atoms with Crippen molar-refractivity contribution in [3.05, 3.63) is 70.7 Å². The maximum absolute atomic E-state index is 11.9. The van der Waals surface area contributed by atoms with E-state index >= 15 is 0 Å². The first-order valence-corrected chi connectivity index (χ1v) is 7.43. The molecule has 0 spiro atoms. The molecule has 1 atom stereocenters. The number of hydrogen-bond donors (Lipinski definition) is 2. The van der Waals surface area contributed by atoms with Crippen LogP contribution in [-0.4, -0.2) is 12.5 Å². The van der Waals surface area contributed by atoms with E-state index in [2.05, 4.69) is 5.32 Å². The van der Waals surface area contributed by atoms with Crippen LogP contribution in [0.15, 0.2) is 54.6 Å². The van der Waals surface area contributed by atoms with Gasteiger partial charge in [-0.1, -0.05) is 60.1 Å². The van der Waals surface area contributed by atoms with Crippen molar-refractivity contribution in [2.45, 2.75) is 19.5 Å². The first kappa shape index (κ1) is 15.5. The van der Waals surface area contributed by atoms with E-state index < -0.39 is 0 Å². The molecule has 4 heteroatoms. The Kier molecular flexibility index (Phi) is 5.78. The van der Waals surface area contributed by atoms with Gasteiger partial charge in [-0.15, -0.1) is 0 Å². The average molecular weight is 304 g/mol. The van der Waals surface area contributed by atoms with Gasteiger partial charge in [-0.25, -0.2) is 0 Å². The van der Waals surface area contributed by atoms with E-state index in [1.165, 1.54) is 0 Å². The number of carbonyl (C=O) groups excluding carboxylic acids is 1. The molecule has 0 aliphatic carbocycles. The van der Waals surface area contributed by atoms with E-state index in [4.69, 9.17) is 11.6 Å². The van der Waals surface area contributed by atoms with Crippen LogP contribution in [0, 0.1) is 0 Å². The Balaban J connectivity index is 1.77. The monoisotopic (exact) mass is 303 g/mol. The molecule has 110 valence electrons. The van der Waals surface area contributed by atoms with Gasteiger partial charge >= 0.3 is 0 Å². The van der Waals surface area contributed by atoms with Gasteiger partial charge in [-0.05, 0) is 18.6 Å². The lowest BCUT2D eigenvalue weighted by molar-refractivity contribution is -0.682. The van der Waals surface area contributed by atoms with Gasteiger partial charge in [0, 0.05) is 17.1 Å². The molecule has 21 heavy (non-hydrogen) atoms. The van der Waals surface area contributed by atoms with E-state index in [-0.39, 0.29) is 11.9 Å². The van der Waals surface area contributed by atoms with Gasteiger partial charge in [0.15, 0.2) is 6.54 Å². The van der Waals surface area contributed by atoms with Crippen LogP contribution < -0.4 is 10.6 Å². The summed E-state index contributed by atoms with van der Waals surface area (Å²) in [4.78, 5) is 11.9. The van der Waals surface area contributed by atoms with Gasteiger partial charge in [0.05, 0.1) is 0 Å². The number of halogens is 1. The number of quaternary nitrogens is 1. The molecule has 0 aromatic heterocycles. The maximum atomic E-state index is 11.9. The van der Waals surface area contributed by atoms with Crippen molar-refractivity contribution in [2.75, 3.05) is 6.54 Å². The number of rotatable bonds is 6. The van der Waals surface area contributed by atoms with Crippen LogP contribution in [0.2, 0.25) is 5.02 Å². The van der Waals surface area contributed by atoms with E-state index in [1.54, 1.807) is 0 Å². The van der Waals surface area contributed by atoms with Crippen molar-refractivity contribution >= 4 is 17.5 Å². The third kappa shape index (κ3) is 4.88. The summed E-state index contributed by atoms with van der Waals surface area (Å²) in [7, 11) is 0. The molecule has 1 amide bonds. The molecule has 0 aliphatic heterocycles. The Morgan fingerprint density at radius 1 is 1.14 bits per heavy atom. The smallest absolute Gasteiger partial charge is 0.275 e. The fourth-order valence-corrected chi connectivity index (χ4v) is 2.43. The molecular weight excluding hydrogens is 284 g/mol. The lowest BCUT2D eigenvalue weighted by Gasteiger charge is -2.12. The predicted octanol–water partition coefficient (Wildman–Crippen LogP) is 2.28. The van der Waals surface area contributed by atoms with Crippen molar-refractivity contribution < 1.29 is 10.1 Å². The lowest BCUT2D eigenvalue weighted by atomic mass is 10.1. The molecule has 0 fully saturated rings. The molecule has 2 aromatic carbocycles. The topological polar surface area (TPSA) is 45.7 Å². The summed E-state index contributed by atoms with van der Waals surface area (Å²) in [6.07, 6.45) is 0. The quantitative estimate of drug-likeness (QED) is 0.845. The molecule has 0 bridgehead atoms. The Hall–Kier alpha value is -1.84. The summed E-state index contributed by atoms with van der Waals surface area (Å²) in [6.45, 7) is 3.00. The van der Waals surface area contributed by atoms with Gasteiger partial charge in [-0.3, -0.25) is 4.79 Å². The first-order valence-electron chi connectivity index (χ1n) is 7.05. The van der Waals surface area contributed by atoms with Gasteiger partial charge in [-0.2, -0.15) is 0 Å². The summed E-state index contributed by atoms with van der Waals surface area (Å²) >= 11 is 6.16. The van der Waals surface area contributed by atoms with Crippen LogP contribution in [0.4, 0.5) is 0 Å². The highest BCUT2D eigenvalue weighted by Crippen LogP contribution is 2.19. The van der Waals surface area contributed by atoms with Gasteiger partial charge in [0.2, 0.25) is 0 Å². The molecule has 3 nitrogen and oxygen atoms in total. The van der Waals surface area contributed by atoms with Crippen LogP contribution in [0.25, 0.3) is 0 Å². The Bertz CT molecular complexity index is 586. The summed E-state index contributed by atoms with van der Waals surface area (Å²) in [5.41, 5.74) is 2.15. The lowest BCUT2D eigenvalue weighted by Crippen LogP contribution is -2.87. The minimum absolute atomic E-state index is 0.0257. The molecule has 0 saturated carbocycles. The number of benzene rings is 2. The van der Waals surface area contributed by atoms with Crippen LogP contribution >= 0.6 is 11.6 Å². The number of carbonyl (C=O) groups is 1. The van der Waals surface area contributed by atoms with Crippen molar-refractivity contribution in [1.29, 1.82) is 0 Å². The number of hydrogen-bond acceptors (Lipinski definition) is 1. The van der Waals surface area contributed by atoms with Crippen molar-refractivity contribution in [1.82, 2.24) is 5.32 Å². The summed E-state index contributed by atoms with van der Waals surface area (Å²) < 4.78 is 0. The first-order chi connectivity index (χ1) is 10.2. The van der Waals surface area contributed by atoms with E-state index in [0.717, 1.165) is 16.1 Å². The Morgan fingerprint density at radius 2 is 1.81 bits per heavy atom. The van der Waals surface area contributed by atoms with Gasteiger partial charge < -0.3 is 10.6 Å². The van der Waals surface area contributed by atoms with E-state index in [0.29, 0.717) is 13.1 Å². The molecule has 0 radical (unpaired) electrons. The Labute approximate surface area is 130 Å². The second kappa shape index (κ2) is 7.81. The van der Waals surface area contributed by atoms with E-state index in [9.17, 15) is 4.79 Å². The number of nitrogens with one attached hydrogen (secondary N) is 1. The fourth-order valence-electron chi connectivity index (χ4n) is 2.12. The second-order valence-electron chi connectivity index (χ2n) is 5.01. The average Bonchev–Trinajstić information content (AvgIpc) is 2.52. The van der Waals surface area contributed by atoms with Crippen LogP contribution in [0.5, 0.6) is 0 Å². The van der Waals surface area contributed by atoms with Crippen LogP contribution in [-0.2, 0) is 11.3 Å². The van der Waals surface area contributed by atoms with Crippen molar-refractivity contribution in [3.8, 4) is 0 Å². The minimum Gasteiger partial charge on any atom is -0.347 e. The molecule has 2 rings (SSSR count). The minimum atomic E-state index is 0.0257. The molecule has 2 aromatic rings. The third-order valence-electron chi connectivity index (χ3n) is 3.39. The highest BCUT2D eigenvalue weighted by Gasteiger charge is 2.13. The molecule has 0 aliphatic rings. The van der Waals surface area contributed by atoms with Gasteiger partial charge in [0.25, 0.3) is 5.91 Å². The summed E-state index contributed by atoms with van der Waals surface area (Å²) in [6, 6.07) is 17.8. The zero-order valence-corrected chi connectivity index (χ0v) is 12.8. The normalized spacial score (nSPS) is 11.9. The second-order valence-corrected chi connectivity index (χ2v) is 5.42. The SMILES string of the molecule is C[C@H]([NH2+]CC(=O)NCc1ccccc1)c1ccccc1Cl. The summed E-state index contributed by atoms with van der Waals surface area (Å²) in [5, 5.41) is 5.65. The molecule has 3 N–H and O–H groups in total. The van der Waals surface area contributed by atoms with Gasteiger partial charge in [0.1, 0.15) is 6.04 Å². The van der Waals surface area contributed by atoms with Crippen molar-refractivity contribution in [3.63, 3.8) is 0 Å². The largest absolute Gasteiger partial charge is 0.347 e. The van der Waals surface area contributed by atoms with Crippen LogP contribution in [0.1, 0.15) is 24.1 Å². The van der Waals surface area contributed by atoms with Crippen molar-refractivity contribution in [2.24, 2.45) is 0 Å². The molecular formula is C17H20ClN2O+. The summed E-state index contributed by atoms with van der Waals surface area (Å²) in [5.74, 6) is 0.0257. The Morgan fingerprint density at radius 3 is 2.52 bits per heavy atom.